The number of piperidine rings is 1. The number of nitrogens with one attached hydrogen (secondary N) is 1. The molecule has 8 heteroatoms. The molecule has 1 amide bonds. The van der Waals surface area contributed by atoms with Crippen LogP contribution in [0.15, 0.2) is 58.3 Å². The summed E-state index contributed by atoms with van der Waals surface area (Å²) in [7, 11) is -2.30. The lowest BCUT2D eigenvalue weighted by atomic mass is 9.99. The van der Waals surface area contributed by atoms with Gasteiger partial charge < -0.3 is 10.2 Å². The van der Waals surface area contributed by atoms with E-state index in [9.17, 15) is 13.2 Å². The first kappa shape index (κ1) is 24.6. The number of nitrogens with zero attached hydrogens (tertiary/aromatic N) is 2. The Morgan fingerprint density at radius 1 is 1.19 bits per heavy atom. The van der Waals surface area contributed by atoms with Crippen LogP contribution in [0.3, 0.4) is 0 Å². The summed E-state index contributed by atoms with van der Waals surface area (Å²) in [6, 6.07) is 14.7. The Kier molecular flexibility index (Phi) is 8.25. The molecule has 1 saturated heterocycles. The fourth-order valence-electron chi connectivity index (χ4n) is 3.98. The van der Waals surface area contributed by atoms with Crippen molar-refractivity contribution in [2.45, 2.75) is 42.5 Å². The van der Waals surface area contributed by atoms with Crippen molar-refractivity contribution in [3.8, 4) is 0 Å². The minimum absolute atomic E-state index is 0.182. The summed E-state index contributed by atoms with van der Waals surface area (Å²) in [6.07, 6.45) is 4.43. The molecule has 0 unspecified atom stereocenters. The Balaban J connectivity index is 1.57. The van der Waals surface area contributed by atoms with Gasteiger partial charge in [0.2, 0.25) is 15.9 Å². The van der Waals surface area contributed by atoms with Gasteiger partial charge in [0.1, 0.15) is 0 Å². The smallest absolute Gasteiger partial charge is 0.243 e. The molecule has 2 atom stereocenters. The first-order valence-electron chi connectivity index (χ1n) is 11.0. The van der Waals surface area contributed by atoms with E-state index in [2.05, 4.69) is 29.3 Å². The van der Waals surface area contributed by atoms with E-state index >= 15 is 0 Å². The van der Waals surface area contributed by atoms with E-state index in [4.69, 9.17) is 0 Å². The highest BCUT2D eigenvalue weighted by atomic mass is 32.2. The monoisotopic (exact) mass is 475 g/mol. The Morgan fingerprint density at radius 3 is 2.44 bits per heavy atom. The van der Waals surface area contributed by atoms with Gasteiger partial charge in [-0.25, -0.2) is 8.42 Å². The van der Waals surface area contributed by atoms with Crippen LogP contribution in [0.4, 0.5) is 5.69 Å². The Morgan fingerprint density at radius 2 is 1.84 bits per heavy atom. The highest BCUT2D eigenvalue weighted by molar-refractivity contribution is 7.98. The number of carbonyl (C=O) groups excluding carboxylic acids is 1. The summed E-state index contributed by atoms with van der Waals surface area (Å²) in [5, 5.41) is 2.91. The molecule has 2 aromatic rings. The normalized spacial score (nSPS) is 17.9. The SMILES string of the molecule is CSc1ccc(S(=O)(=O)N(C)CC(=O)N[C@@H](C)c2ccc(N3CCC[C@H](C)C3)cc2)cc1. The van der Waals surface area contributed by atoms with Crippen LogP contribution in [0.25, 0.3) is 0 Å². The number of rotatable bonds is 8. The molecule has 0 aromatic heterocycles. The molecule has 1 heterocycles. The highest BCUT2D eigenvalue weighted by Crippen LogP contribution is 2.25. The zero-order chi connectivity index (χ0) is 23.3. The number of benzene rings is 2. The number of thioether (sulfide) groups is 1. The third-order valence-electron chi connectivity index (χ3n) is 5.93. The maximum Gasteiger partial charge on any atom is 0.243 e. The van der Waals surface area contributed by atoms with Crippen molar-refractivity contribution >= 4 is 33.4 Å². The number of sulfonamides is 1. The van der Waals surface area contributed by atoms with Gasteiger partial charge in [0.05, 0.1) is 17.5 Å². The Bertz CT molecular complexity index is 1010. The van der Waals surface area contributed by atoms with E-state index in [1.807, 2.05) is 25.3 Å². The second kappa shape index (κ2) is 10.7. The number of amides is 1. The average Bonchev–Trinajstić information content (AvgIpc) is 2.79. The molecule has 0 spiro atoms. The summed E-state index contributed by atoms with van der Waals surface area (Å²) in [6.45, 7) is 6.12. The third kappa shape index (κ3) is 6.05. The molecule has 32 heavy (non-hydrogen) atoms. The maximum absolute atomic E-state index is 12.8. The van der Waals surface area contributed by atoms with Crippen LogP contribution in [0, 0.1) is 5.92 Å². The molecule has 0 saturated carbocycles. The summed E-state index contributed by atoms with van der Waals surface area (Å²) < 4.78 is 26.6. The van der Waals surface area contributed by atoms with E-state index < -0.39 is 10.0 Å². The number of hydrogen-bond donors (Lipinski definition) is 1. The Labute approximate surface area is 196 Å². The van der Waals surface area contributed by atoms with Crippen LogP contribution in [-0.4, -0.2) is 51.6 Å². The zero-order valence-corrected chi connectivity index (χ0v) is 20.9. The fourth-order valence-corrected chi connectivity index (χ4v) is 5.52. The van der Waals surface area contributed by atoms with Gasteiger partial charge >= 0.3 is 0 Å². The lowest BCUT2D eigenvalue weighted by Gasteiger charge is -2.33. The molecular weight excluding hydrogens is 442 g/mol. The lowest BCUT2D eigenvalue weighted by molar-refractivity contribution is -0.121. The summed E-state index contributed by atoms with van der Waals surface area (Å²) >= 11 is 1.55. The quantitative estimate of drug-likeness (QED) is 0.581. The first-order chi connectivity index (χ1) is 15.2. The third-order valence-corrected chi connectivity index (χ3v) is 8.49. The van der Waals surface area contributed by atoms with Gasteiger partial charge in [0, 0.05) is 30.7 Å². The van der Waals surface area contributed by atoms with Crippen LogP contribution < -0.4 is 10.2 Å². The van der Waals surface area contributed by atoms with Crippen LogP contribution in [0.1, 0.15) is 38.3 Å². The lowest BCUT2D eigenvalue weighted by Crippen LogP contribution is -2.39. The largest absolute Gasteiger partial charge is 0.371 e. The molecule has 0 radical (unpaired) electrons. The van der Waals surface area contributed by atoms with Crippen molar-refractivity contribution in [2.24, 2.45) is 5.92 Å². The molecule has 1 aliphatic rings. The molecule has 1 aliphatic heterocycles. The fraction of sp³-hybridized carbons (Fsp3) is 0.458. The van der Waals surface area contributed by atoms with Crippen molar-refractivity contribution in [2.75, 3.05) is 37.8 Å². The minimum Gasteiger partial charge on any atom is -0.371 e. The molecule has 2 aromatic carbocycles. The second-order valence-corrected chi connectivity index (χ2v) is 11.4. The molecule has 1 N–H and O–H groups in total. The van der Waals surface area contributed by atoms with E-state index in [1.165, 1.54) is 25.6 Å². The number of anilines is 1. The molecule has 174 valence electrons. The summed E-state index contributed by atoms with van der Waals surface area (Å²) in [5.74, 6) is 0.372. The first-order valence-corrected chi connectivity index (χ1v) is 13.6. The predicted molar refractivity (Wildman–Crippen MR) is 132 cm³/mol. The Hall–Kier alpha value is -2.03. The van der Waals surface area contributed by atoms with Crippen molar-refractivity contribution in [3.05, 3.63) is 54.1 Å². The van der Waals surface area contributed by atoms with Gasteiger partial charge in [-0.15, -0.1) is 11.8 Å². The predicted octanol–water partition coefficient (Wildman–Crippen LogP) is 4.14. The minimum atomic E-state index is -3.72. The average molecular weight is 476 g/mol. The summed E-state index contributed by atoms with van der Waals surface area (Å²) in [5.41, 5.74) is 2.20. The van der Waals surface area contributed by atoms with Crippen molar-refractivity contribution in [1.82, 2.24) is 9.62 Å². The van der Waals surface area contributed by atoms with Crippen molar-refractivity contribution < 1.29 is 13.2 Å². The van der Waals surface area contributed by atoms with E-state index in [1.54, 1.807) is 36.0 Å². The van der Waals surface area contributed by atoms with Crippen molar-refractivity contribution in [3.63, 3.8) is 0 Å². The molecule has 0 aliphatic carbocycles. The van der Waals surface area contributed by atoms with Crippen LogP contribution in [0.2, 0.25) is 0 Å². The molecule has 1 fully saturated rings. The van der Waals surface area contributed by atoms with Crippen LogP contribution in [-0.2, 0) is 14.8 Å². The molecular formula is C24H33N3O3S2. The van der Waals surface area contributed by atoms with E-state index in [-0.39, 0.29) is 23.4 Å². The van der Waals surface area contributed by atoms with Gasteiger partial charge in [-0.2, -0.15) is 4.31 Å². The number of likely N-dealkylation sites (N-methyl/N-ethyl adjacent to an activating group) is 1. The van der Waals surface area contributed by atoms with Crippen LogP contribution in [0.5, 0.6) is 0 Å². The topological polar surface area (TPSA) is 69.7 Å². The van der Waals surface area contributed by atoms with Gasteiger partial charge in [0.25, 0.3) is 0 Å². The van der Waals surface area contributed by atoms with E-state index in [0.29, 0.717) is 5.92 Å². The van der Waals surface area contributed by atoms with Crippen LogP contribution >= 0.6 is 11.8 Å². The maximum atomic E-state index is 12.8. The molecule has 3 rings (SSSR count). The van der Waals surface area contributed by atoms with Crippen molar-refractivity contribution in [1.29, 1.82) is 0 Å². The molecule has 0 bridgehead atoms. The summed E-state index contributed by atoms with van der Waals surface area (Å²) in [4.78, 5) is 16.1. The van der Waals surface area contributed by atoms with Gasteiger partial charge in [-0.05, 0) is 73.9 Å². The molecule has 6 nitrogen and oxygen atoms in total. The zero-order valence-electron chi connectivity index (χ0n) is 19.2. The number of hydrogen-bond acceptors (Lipinski definition) is 5. The van der Waals surface area contributed by atoms with E-state index in [0.717, 1.165) is 27.9 Å². The second-order valence-electron chi connectivity index (χ2n) is 8.51. The van der Waals surface area contributed by atoms with Gasteiger partial charge in [-0.1, -0.05) is 19.1 Å². The highest BCUT2D eigenvalue weighted by Gasteiger charge is 2.24. The van der Waals surface area contributed by atoms with Gasteiger partial charge in [0.15, 0.2) is 0 Å². The standard InChI is InChI=1S/C24H33N3O3S2/c1-18-6-5-15-27(16-18)21-9-7-20(8-10-21)19(2)25-24(28)17-26(3)32(29,30)23-13-11-22(31-4)12-14-23/h7-14,18-19H,5-6,15-17H2,1-4H3,(H,25,28)/t18-,19-/m0/s1. The van der Waals surface area contributed by atoms with Gasteiger partial charge in [-0.3, -0.25) is 4.79 Å². The number of carbonyl (C=O) groups is 1.